The Hall–Kier alpha value is -7.69. The molecule has 9 aromatic carbocycles. The lowest BCUT2D eigenvalue weighted by Crippen LogP contribution is -2.11. The molecule has 0 atom stereocenters. The van der Waals surface area contributed by atoms with Crippen LogP contribution in [0.25, 0.3) is 83.1 Å². The van der Waals surface area contributed by atoms with Gasteiger partial charge < -0.3 is 13.9 Å². The molecule has 0 spiro atoms. The molecule has 11 aromatic rings. The van der Waals surface area contributed by atoms with Gasteiger partial charge in [0.05, 0.1) is 16.7 Å². The molecule has 4 heteroatoms. The van der Waals surface area contributed by atoms with Gasteiger partial charge in [-0.3, -0.25) is 0 Å². The molecule has 0 unspecified atom stereocenters. The van der Waals surface area contributed by atoms with Crippen LogP contribution >= 0.6 is 0 Å². The molecule has 0 aliphatic rings. The molecular formula is C53H35N3O. The summed E-state index contributed by atoms with van der Waals surface area (Å²) in [6.07, 6.45) is 0. The molecule has 4 nitrogen and oxygen atoms in total. The van der Waals surface area contributed by atoms with Gasteiger partial charge >= 0.3 is 0 Å². The smallest absolute Gasteiger partial charge is 0.227 e. The number of nitrogens with zero attached hydrogens (tertiary/aromatic N) is 3. The number of benzene rings is 9. The predicted octanol–water partition coefficient (Wildman–Crippen LogP) is 14.5. The minimum atomic E-state index is 0.625. The number of rotatable bonds is 7. The van der Waals surface area contributed by atoms with Crippen LogP contribution in [-0.2, 0) is 0 Å². The summed E-state index contributed by atoms with van der Waals surface area (Å²) in [5, 5.41) is 4.71. The van der Waals surface area contributed by atoms with Crippen LogP contribution in [0.4, 0.5) is 17.1 Å². The maximum atomic E-state index is 6.30. The third-order valence-electron chi connectivity index (χ3n) is 11.0. The van der Waals surface area contributed by atoms with E-state index >= 15 is 0 Å². The van der Waals surface area contributed by atoms with E-state index in [1.165, 1.54) is 27.4 Å². The third kappa shape index (κ3) is 5.58. The Kier molecular flexibility index (Phi) is 7.78. The van der Waals surface area contributed by atoms with Crippen molar-refractivity contribution in [3.8, 4) is 39.4 Å². The molecule has 0 fully saturated rings. The van der Waals surface area contributed by atoms with Crippen molar-refractivity contribution in [2.75, 3.05) is 4.90 Å². The van der Waals surface area contributed by atoms with Crippen LogP contribution in [0.15, 0.2) is 217 Å². The van der Waals surface area contributed by atoms with Crippen molar-refractivity contribution in [3.63, 3.8) is 0 Å². The van der Waals surface area contributed by atoms with E-state index in [1.807, 2.05) is 36.4 Å². The average Bonchev–Trinajstić information content (AvgIpc) is 3.88. The van der Waals surface area contributed by atoms with Gasteiger partial charge in [0.1, 0.15) is 5.52 Å². The summed E-state index contributed by atoms with van der Waals surface area (Å²) in [7, 11) is 0. The lowest BCUT2D eigenvalue weighted by atomic mass is 9.96. The van der Waals surface area contributed by atoms with Crippen LogP contribution < -0.4 is 4.90 Å². The maximum Gasteiger partial charge on any atom is 0.227 e. The topological polar surface area (TPSA) is 34.2 Å². The molecule has 0 amide bonds. The second-order valence-corrected chi connectivity index (χ2v) is 14.4. The van der Waals surface area contributed by atoms with Crippen molar-refractivity contribution >= 4 is 60.7 Å². The van der Waals surface area contributed by atoms with E-state index in [0.29, 0.717) is 5.89 Å². The van der Waals surface area contributed by atoms with Gasteiger partial charge in [-0.25, -0.2) is 4.98 Å². The van der Waals surface area contributed by atoms with Crippen LogP contribution in [0.2, 0.25) is 0 Å². The third-order valence-corrected chi connectivity index (χ3v) is 11.0. The van der Waals surface area contributed by atoms with Gasteiger partial charge in [0, 0.05) is 44.3 Å². The SMILES string of the molecule is c1ccc(-c2nc3c(ccc4cccc(-c5ccc(N(c6ccc(-n7c8ccccc8c8ccccc87)cc6)c6ccccc6-c6ccccc6)cc5)c43)o2)cc1. The maximum absolute atomic E-state index is 6.30. The lowest BCUT2D eigenvalue weighted by Gasteiger charge is -2.28. The molecule has 2 heterocycles. The summed E-state index contributed by atoms with van der Waals surface area (Å²) in [6, 6.07) is 75.2. The fourth-order valence-electron chi connectivity index (χ4n) is 8.41. The fraction of sp³-hybridized carbons (Fsp3) is 0. The zero-order valence-corrected chi connectivity index (χ0v) is 31.0. The van der Waals surface area contributed by atoms with E-state index in [4.69, 9.17) is 9.40 Å². The second kappa shape index (κ2) is 13.6. The van der Waals surface area contributed by atoms with Gasteiger partial charge in [0.15, 0.2) is 5.58 Å². The number of hydrogen-bond acceptors (Lipinski definition) is 3. The van der Waals surface area contributed by atoms with Crippen molar-refractivity contribution in [2.24, 2.45) is 0 Å². The summed E-state index contributed by atoms with van der Waals surface area (Å²) in [4.78, 5) is 7.41. The summed E-state index contributed by atoms with van der Waals surface area (Å²) in [5.74, 6) is 0.625. The minimum Gasteiger partial charge on any atom is -0.436 e. The first kappa shape index (κ1) is 32.7. The Morgan fingerprint density at radius 3 is 1.68 bits per heavy atom. The number of hydrogen-bond donors (Lipinski definition) is 0. The highest BCUT2D eigenvalue weighted by Gasteiger charge is 2.20. The summed E-state index contributed by atoms with van der Waals surface area (Å²) < 4.78 is 8.67. The molecule has 0 bridgehead atoms. The number of fused-ring (bicyclic) bond motifs is 6. The summed E-state index contributed by atoms with van der Waals surface area (Å²) >= 11 is 0. The zero-order valence-electron chi connectivity index (χ0n) is 31.0. The zero-order chi connectivity index (χ0) is 37.7. The largest absolute Gasteiger partial charge is 0.436 e. The van der Waals surface area contributed by atoms with E-state index in [2.05, 4.69) is 185 Å². The van der Waals surface area contributed by atoms with Crippen LogP contribution in [0.5, 0.6) is 0 Å². The first-order valence-corrected chi connectivity index (χ1v) is 19.3. The Bertz CT molecular complexity index is 3160. The fourth-order valence-corrected chi connectivity index (χ4v) is 8.41. The van der Waals surface area contributed by atoms with E-state index in [-0.39, 0.29) is 0 Å². The molecular weight excluding hydrogens is 695 g/mol. The highest BCUT2D eigenvalue weighted by molar-refractivity contribution is 6.12. The summed E-state index contributed by atoms with van der Waals surface area (Å²) in [6.45, 7) is 0. The monoisotopic (exact) mass is 729 g/mol. The Morgan fingerprint density at radius 1 is 0.421 bits per heavy atom. The van der Waals surface area contributed by atoms with Gasteiger partial charge in [0.25, 0.3) is 0 Å². The van der Waals surface area contributed by atoms with Gasteiger partial charge in [-0.15, -0.1) is 0 Å². The quantitative estimate of drug-likeness (QED) is 0.164. The molecule has 57 heavy (non-hydrogen) atoms. The average molecular weight is 730 g/mol. The Morgan fingerprint density at radius 2 is 0.982 bits per heavy atom. The number of para-hydroxylation sites is 3. The van der Waals surface area contributed by atoms with E-state index < -0.39 is 0 Å². The van der Waals surface area contributed by atoms with Crippen LogP contribution in [0.3, 0.4) is 0 Å². The highest BCUT2D eigenvalue weighted by atomic mass is 16.3. The molecule has 0 saturated heterocycles. The normalized spacial score (nSPS) is 11.5. The Labute approximate surface area is 330 Å². The standard InChI is InChI=1S/C53H35N3O/c1-3-14-36(15-4-1)43-19-7-10-23-47(43)55(41-31-33-42(34-32-41)56-48-24-11-8-20-45(48)46-21-9-12-25-49(46)56)40-29-26-37(27-30-40)44-22-13-18-38-28-35-50-52(51(38)44)54-53(57-50)39-16-5-2-6-17-39/h1-35H. The molecule has 268 valence electrons. The molecule has 2 aromatic heterocycles. The van der Waals surface area contributed by atoms with Crippen molar-refractivity contribution < 1.29 is 4.42 Å². The number of aromatic nitrogens is 2. The minimum absolute atomic E-state index is 0.625. The van der Waals surface area contributed by atoms with Crippen LogP contribution in [-0.4, -0.2) is 9.55 Å². The number of oxazole rings is 1. The highest BCUT2D eigenvalue weighted by Crippen LogP contribution is 2.43. The Balaban J connectivity index is 1.04. The van der Waals surface area contributed by atoms with Gasteiger partial charge in [-0.1, -0.05) is 140 Å². The van der Waals surface area contributed by atoms with Gasteiger partial charge in [-0.2, -0.15) is 0 Å². The van der Waals surface area contributed by atoms with Crippen molar-refractivity contribution in [1.82, 2.24) is 9.55 Å². The van der Waals surface area contributed by atoms with Crippen molar-refractivity contribution in [3.05, 3.63) is 212 Å². The molecule has 11 rings (SSSR count). The van der Waals surface area contributed by atoms with Gasteiger partial charge in [0.2, 0.25) is 5.89 Å². The molecule has 0 radical (unpaired) electrons. The van der Waals surface area contributed by atoms with Crippen molar-refractivity contribution in [1.29, 1.82) is 0 Å². The molecule has 0 aliphatic heterocycles. The van der Waals surface area contributed by atoms with Gasteiger partial charge in [-0.05, 0) is 94.9 Å². The summed E-state index contributed by atoms with van der Waals surface area (Å²) in [5.41, 5.74) is 13.9. The predicted molar refractivity (Wildman–Crippen MR) is 237 cm³/mol. The lowest BCUT2D eigenvalue weighted by molar-refractivity contribution is 0.620. The molecule has 0 N–H and O–H groups in total. The first-order chi connectivity index (χ1) is 28.3. The van der Waals surface area contributed by atoms with Crippen molar-refractivity contribution in [2.45, 2.75) is 0 Å². The molecule has 0 aliphatic carbocycles. The second-order valence-electron chi connectivity index (χ2n) is 14.4. The van der Waals surface area contributed by atoms with Crippen LogP contribution in [0.1, 0.15) is 0 Å². The van der Waals surface area contributed by atoms with E-state index in [0.717, 1.165) is 66.9 Å². The van der Waals surface area contributed by atoms with Crippen LogP contribution in [0, 0.1) is 0 Å². The van der Waals surface area contributed by atoms with E-state index in [1.54, 1.807) is 0 Å². The number of anilines is 3. The first-order valence-electron chi connectivity index (χ1n) is 19.3. The molecule has 0 saturated carbocycles. The van der Waals surface area contributed by atoms with E-state index in [9.17, 15) is 0 Å².